The fourth-order valence-electron chi connectivity index (χ4n) is 1.89. The molecule has 0 amide bonds. The van der Waals surface area contributed by atoms with Crippen molar-refractivity contribution < 1.29 is 4.39 Å². The maximum atomic E-state index is 13.0. The molecule has 1 unspecified atom stereocenters. The molecular formula is C16H23FSi. The zero-order chi connectivity index (χ0) is 13.6. The molecule has 1 rings (SSSR count). The van der Waals surface area contributed by atoms with E-state index in [9.17, 15) is 4.39 Å². The minimum Gasteiger partial charge on any atom is -0.207 e. The Bertz CT molecular complexity index is 417. The van der Waals surface area contributed by atoms with Crippen LogP contribution < -0.4 is 0 Å². The van der Waals surface area contributed by atoms with E-state index in [0.29, 0.717) is 5.54 Å². The first-order chi connectivity index (χ1) is 8.45. The lowest BCUT2D eigenvalue weighted by Crippen LogP contribution is -2.30. The SMILES string of the molecule is CCCCC#CC(c1ccc(F)cc1)[Si](C)(C)C. The lowest BCUT2D eigenvalue weighted by molar-refractivity contribution is 0.627. The summed E-state index contributed by atoms with van der Waals surface area (Å²) in [6, 6.07) is 6.84. The molecule has 1 aromatic rings. The highest BCUT2D eigenvalue weighted by molar-refractivity contribution is 6.78. The van der Waals surface area contributed by atoms with Gasteiger partial charge in [0, 0.05) is 12.0 Å². The summed E-state index contributed by atoms with van der Waals surface area (Å²) < 4.78 is 13.0. The van der Waals surface area contributed by atoms with Gasteiger partial charge in [-0.05, 0) is 24.1 Å². The van der Waals surface area contributed by atoms with Gasteiger partial charge in [-0.25, -0.2) is 4.39 Å². The van der Waals surface area contributed by atoms with Crippen molar-refractivity contribution in [2.45, 2.75) is 51.4 Å². The van der Waals surface area contributed by atoms with Gasteiger partial charge in [-0.1, -0.05) is 51.0 Å². The lowest BCUT2D eigenvalue weighted by atomic mass is 10.1. The molecule has 0 bridgehead atoms. The Kier molecular flexibility index (Phi) is 5.62. The highest BCUT2D eigenvalue weighted by Gasteiger charge is 2.26. The predicted molar refractivity (Wildman–Crippen MR) is 79.8 cm³/mol. The Balaban J connectivity index is 2.91. The summed E-state index contributed by atoms with van der Waals surface area (Å²) in [6.07, 6.45) is 3.32. The zero-order valence-electron chi connectivity index (χ0n) is 11.9. The Hall–Kier alpha value is -1.07. The third-order valence-electron chi connectivity index (χ3n) is 2.97. The number of rotatable bonds is 4. The number of hydrogen-bond acceptors (Lipinski definition) is 0. The van der Waals surface area contributed by atoms with Crippen molar-refractivity contribution in [1.82, 2.24) is 0 Å². The smallest absolute Gasteiger partial charge is 0.123 e. The first kappa shape index (κ1) is 15.0. The lowest BCUT2D eigenvalue weighted by Gasteiger charge is -2.24. The van der Waals surface area contributed by atoms with Gasteiger partial charge in [0.1, 0.15) is 5.82 Å². The van der Waals surface area contributed by atoms with Crippen LogP contribution in [0.3, 0.4) is 0 Å². The fraction of sp³-hybridized carbons (Fsp3) is 0.500. The van der Waals surface area contributed by atoms with Crippen LogP contribution >= 0.6 is 0 Å². The van der Waals surface area contributed by atoms with Gasteiger partial charge in [0.15, 0.2) is 0 Å². The quantitative estimate of drug-likeness (QED) is 0.408. The van der Waals surface area contributed by atoms with Crippen molar-refractivity contribution in [3.63, 3.8) is 0 Å². The zero-order valence-corrected chi connectivity index (χ0v) is 12.9. The minimum absolute atomic E-state index is 0.174. The van der Waals surface area contributed by atoms with Gasteiger partial charge < -0.3 is 0 Å². The molecule has 0 aliphatic heterocycles. The largest absolute Gasteiger partial charge is 0.207 e. The third kappa shape index (κ3) is 4.66. The summed E-state index contributed by atoms with van der Waals surface area (Å²) in [4.78, 5) is 0. The Morgan fingerprint density at radius 2 is 1.78 bits per heavy atom. The van der Waals surface area contributed by atoms with E-state index in [1.807, 2.05) is 12.1 Å². The van der Waals surface area contributed by atoms with Crippen molar-refractivity contribution in [2.24, 2.45) is 0 Å². The molecule has 0 N–H and O–H groups in total. The van der Waals surface area contributed by atoms with Crippen LogP contribution in [0.4, 0.5) is 4.39 Å². The average molecular weight is 262 g/mol. The van der Waals surface area contributed by atoms with Crippen LogP contribution in [0.2, 0.25) is 19.6 Å². The second-order valence-electron chi connectivity index (χ2n) is 5.78. The van der Waals surface area contributed by atoms with Crippen LogP contribution in [0.5, 0.6) is 0 Å². The second kappa shape index (κ2) is 6.75. The molecule has 0 aromatic heterocycles. The van der Waals surface area contributed by atoms with Crippen LogP contribution in [-0.4, -0.2) is 8.07 Å². The van der Waals surface area contributed by atoms with E-state index in [2.05, 4.69) is 38.4 Å². The van der Waals surface area contributed by atoms with E-state index < -0.39 is 8.07 Å². The summed E-state index contributed by atoms with van der Waals surface area (Å²) in [5, 5.41) is 0. The van der Waals surface area contributed by atoms with E-state index in [1.165, 1.54) is 24.1 Å². The first-order valence-corrected chi connectivity index (χ1v) is 10.3. The second-order valence-corrected chi connectivity index (χ2v) is 11.1. The number of unbranched alkanes of at least 4 members (excludes halogenated alkanes) is 2. The molecule has 0 saturated carbocycles. The molecule has 1 atom stereocenters. The molecule has 0 fully saturated rings. The van der Waals surface area contributed by atoms with E-state index in [1.54, 1.807) is 0 Å². The van der Waals surface area contributed by atoms with Gasteiger partial charge in [-0.15, -0.1) is 5.92 Å². The highest BCUT2D eigenvalue weighted by atomic mass is 28.3. The molecule has 0 heterocycles. The maximum absolute atomic E-state index is 13.0. The molecule has 2 heteroatoms. The van der Waals surface area contributed by atoms with E-state index in [4.69, 9.17) is 0 Å². The van der Waals surface area contributed by atoms with Crippen molar-refractivity contribution >= 4 is 8.07 Å². The van der Waals surface area contributed by atoms with E-state index >= 15 is 0 Å². The topological polar surface area (TPSA) is 0 Å². The normalized spacial score (nSPS) is 12.7. The standard InChI is InChI=1S/C16H23FSi/c1-5-6-7-8-9-16(18(2,3)4)14-10-12-15(17)13-11-14/h10-13,16H,5-7H2,1-4H3. The molecule has 1 aromatic carbocycles. The predicted octanol–water partition coefficient (Wildman–Crippen LogP) is 4.98. The van der Waals surface area contributed by atoms with Crippen LogP contribution in [-0.2, 0) is 0 Å². The van der Waals surface area contributed by atoms with Gasteiger partial charge in [0.2, 0.25) is 0 Å². The molecule has 0 saturated heterocycles. The van der Waals surface area contributed by atoms with Crippen molar-refractivity contribution in [1.29, 1.82) is 0 Å². The van der Waals surface area contributed by atoms with Crippen LogP contribution in [0.15, 0.2) is 24.3 Å². The summed E-state index contributed by atoms with van der Waals surface area (Å²) in [6.45, 7) is 9.12. The maximum Gasteiger partial charge on any atom is 0.123 e. The first-order valence-electron chi connectivity index (χ1n) is 6.69. The Morgan fingerprint density at radius 1 is 1.17 bits per heavy atom. The van der Waals surface area contributed by atoms with Crippen molar-refractivity contribution in [3.8, 4) is 11.8 Å². The summed E-state index contributed by atoms with van der Waals surface area (Å²) in [7, 11) is -1.40. The van der Waals surface area contributed by atoms with E-state index in [-0.39, 0.29) is 5.82 Å². The Morgan fingerprint density at radius 3 is 2.28 bits per heavy atom. The molecule has 18 heavy (non-hydrogen) atoms. The summed E-state index contributed by atoms with van der Waals surface area (Å²) in [5.74, 6) is 6.54. The van der Waals surface area contributed by atoms with Crippen molar-refractivity contribution in [3.05, 3.63) is 35.6 Å². The van der Waals surface area contributed by atoms with Gasteiger partial charge >= 0.3 is 0 Å². The summed E-state index contributed by atoms with van der Waals surface area (Å²) >= 11 is 0. The number of benzene rings is 1. The molecule has 98 valence electrons. The fourth-order valence-corrected chi connectivity index (χ4v) is 3.62. The monoisotopic (exact) mass is 262 g/mol. The van der Waals surface area contributed by atoms with Gasteiger partial charge in [0.05, 0.1) is 8.07 Å². The Labute approximate surface area is 112 Å². The van der Waals surface area contributed by atoms with Crippen LogP contribution in [0.1, 0.15) is 37.3 Å². The minimum atomic E-state index is -1.40. The molecule has 0 aliphatic rings. The molecule has 0 aliphatic carbocycles. The molecule has 0 radical (unpaired) electrons. The average Bonchev–Trinajstić information content (AvgIpc) is 2.29. The van der Waals surface area contributed by atoms with Crippen LogP contribution in [0, 0.1) is 17.7 Å². The highest BCUT2D eigenvalue weighted by Crippen LogP contribution is 2.26. The molecule has 0 nitrogen and oxygen atoms in total. The van der Waals surface area contributed by atoms with Gasteiger partial charge in [-0.3, -0.25) is 0 Å². The molecule has 0 spiro atoms. The third-order valence-corrected chi connectivity index (χ3v) is 5.18. The van der Waals surface area contributed by atoms with Crippen LogP contribution in [0.25, 0.3) is 0 Å². The van der Waals surface area contributed by atoms with Gasteiger partial charge in [-0.2, -0.15) is 0 Å². The summed E-state index contributed by atoms with van der Waals surface area (Å²) in [5.41, 5.74) is 1.47. The van der Waals surface area contributed by atoms with Gasteiger partial charge in [0.25, 0.3) is 0 Å². The number of hydrogen-bond donors (Lipinski definition) is 0. The number of halogens is 1. The van der Waals surface area contributed by atoms with Crippen molar-refractivity contribution in [2.75, 3.05) is 0 Å². The molecular weight excluding hydrogens is 239 g/mol. The van der Waals surface area contributed by atoms with E-state index in [0.717, 1.165) is 12.8 Å².